The Morgan fingerprint density at radius 3 is 3.00 bits per heavy atom. The van der Waals surface area contributed by atoms with E-state index in [1.165, 1.54) is 12.8 Å². The molecule has 1 aliphatic heterocycles. The van der Waals surface area contributed by atoms with Crippen LogP contribution in [-0.2, 0) is 0 Å². The van der Waals surface area contributed by atoms with Crippen LogP contribution in [0, 0.1) is 6.92 Å². The zero-order valence-electron chi connectivity index (χ0n) is 10.6. The Labute approximate surface area is 102 Å². The van der Waals surface area contributed by atoms with Gasteiger partial charge in [0.2, 0.25) is 0 Å². The maximum Gasteiger partial charge on any atom is 0.134 e. The first-order valence-electron chi connectivity index (χ1n) is 6.24. The first-order chi connectivity index (χ1) is 8.24. The molecule has 0 bridgehead atoms. The molecular weight excluding hydrogens is 214 g/mol. The minimum Gasteiger partial charge on any atom is -0.373 e. The number of aromatic nitrogens is 2. The third kappa shape index (κ3) is 2.66. The molecule has 5 heteroatoms. The van der Waals surface area contributed by atoms with E-state index in [4.69, 9.17) is 5.73 Å². The Morgan fingerprint density at radius 1 is 1.47 bits per heavy atom. The van der Waals surface area contributed by atoms with Crippen molar-refractivity contribution in [1.82, 2.24) is 9.97 Å². The van der Waals surface area contributed by atoms with Crippen LogP contribution in [0.2, 0.25) is 0 Å². The maximum absolute atomic E-state index is 5.84. The van der Waals surface area contributed by atoms with E-state index in [1.807, 2.05) is 20.0 Å². The number of aryl methyl sites for hydroxylation is 1. The van der Waals surface area contributed by atoms with E-state index < -0.39 is 0 Å². The number of piperidine rings is 1. The zero-order chi connectivity index (χ0) is 12.3. The van der Waals surface area contributed by atoms with Crippen LogP contribution >= 0.6 is 0 Å². The summed E-state index contributed by atoms with van der Waals surface area (Å²) in [5, 5.41) is 3.07. The van der Waals surface area contributed by atoms with Crippen LogP contribution in [-0.4, -0.2) is 36.1 Å². The lowest BCUT2D eigenvalue weighted by atomic mass is 10.0. The van der Waals surface area contributed by atoms with E-state index in [-0.39, 0.29) is 0 Å². The fraction of sp³-hybridized carbons (Fsp3) is 0.667. The first kappa shape index (κ1) is 12.1. The van der Waals surface area contributed by atoms with Gasteiger partial charge in [-0.15, -0.1) is 0 Å². The molecule has 5 nitrogen and oxygen atoms in total. The third-order valence-electron chi connectivity index (χ3n) is 3.27. The molecule has 1 atom stereocenters. The van der Waals surface area contributed by atoms with E-state index in [0.717, 1.165) is 30.4 Å². The summed E-state index contributed by atoms with van der Waals surface area (Å²) in [6.45, 7) is 3.66. The van der Waals surface area contributed by atoms with Crippen LogP contribution in [0.3, 0.4) is 0 Å². The quantitative estimate of drug-likeness (QED) is 0.822. The molecule has 1 fully saturated rings. The topological polar surface area (TPSA) is 67.1 Å². The highest BCUT2D eigenvalue weighted by atomic mass is 15.2. The second-order valence-corrected chi connectivity index (χ2v) is 4.49. The zero-order valence-corrected chi connectivity index (χ0v) is 10.6. The fourth-order valence-electron chi connectivity index (χ4n) is 2.37. The number of nitrogens with zero attached hydrogens (tertiary/aromatic N) is 3. The van der Waals surface area contributed by atoms with Crippen molar-refractivity contribution in [2.75, 3.05) is 30.4 Å². The van der Waals surface area contributed by atoms with Gasteiger partial charge in [-0.2, -0.15) is 0 Å². The van der Waals surface area contributed by atoms with Crippen molar-refractivity contribution in [2.24, 2.45) is 5.73 Å². The fourth-order valence-corrected chi connectivity index (χ4v) is 2.37. The highest BCUT2D eigenvalue weighted by Gasteiger charge is 2.22. The monoisotopic (exact) mass is 235 g/mol. The van der Waals surface area contributed by atoms with Crippen LogP contribution < -0.4 is 16.0 Å². The van der Waals surface area contributed by atoms with Crippen LogP contribution in [0.15, 0.2) is 6.07 Å². The molecule has 1 aromatic heterocycles. The second kappa shape index (κ2) is 5.31. The van der Waals surface area contributed by atoms with Gasteiger partial charge in [-0.05, 0) is 26.2 Å². The number of rotatable bonds is 3. The summed E-state index contributed by atoms with van der Waals surface area (Å²) in [4.78, 5) is 11.2. The summed E-state index contributed by atoms with van der Waals surface area (Å²) in [6.07, 6.45) is 3.64. The first-order valence-corrected chi connectivity index (χ1v) is 6.24. The average Bonchev–Trinajstić information content (AvgIpc) is 2.37. The van der Waals surface area contributed by atoms with Crippen LogP contribution in [0.1, 0.15) is 25.1 Å². The van der Waals surface area contributed by atoms with E-state index in [0.29, 0.717) is 12.6 Å². The van der Waals surface area contributed by atoms with Crippen molar-refractivity contribution in [3.8, 4) is 0 Å². The standard InChI is InChI=1S/C12H21N5/c1-9-15-11(14-2)7-12(16-9)17-6-4-3-5-10(17)8-13/h7,10H,3-6,8,13H2,1-2H3,(H,14,15,16)/t10-/m0/s1. The van der Waals surface area contributed by atoms with Crippen molar-refractivity contribution in [3.63, 3.8) is 0 Å². The lowest BCUT2D eigenvalue weighted by molar-refractivity contribution is 0.461. The molecule has 0 amide bonds. The van der Waals surface area contributed by atoms with Gasteiger partial charge in [0.15, 0.2) is 0 Å². The molecule has 0 unspecified atom stereocenters. The highest BCUT2D eigenvalue weighted by Crippen LogP contribution is 2.24. The molecule has 17 heavy (non-hydrogen) atoms. The van der Waals surface area contributed by atoms with Gasteiger partial charge in [0.05, 0.1) is 0 Å². The predicted molar refractivity (Wildman–Crippen MR) is 70.4 cm³/mol. The molecule has 3 N–H and O–H groups in total. The van der Waals surface area contributed by atoms with E-state index >= 15 is 0 Å². The molecule has 1 aromatic rings. The highest BCUT2D eigenvalue weighted by molar-refractivity contribution is 5.50. The van der Waals surface area contributed by atoms with Gasteiger partial charge in [-0.1, -0.05) is 0 Å². The van der Waals surface area contributed by atoms with Crippen LogP contribution in [0.5, 0.6) is 0 Å². The van der Waals surface area contributed by atoms with E-state index in [1.54, 1.807) is 0 Å². The molecule has 0 aromatic carbocycles. The Kier molecular flexibility index (Phi) is 3.78. The molecule has 1 saturated heterocycles. The average molecular weight is 235 g/mol. The van der Waals surface area contributed by atoms with Gasteiger partial charge >= 0.3 is 0 Å². The van der Waals surface area contributed by atoms with Crippen LogP contribution in [0.25, 0.3) is 0 Å². The summed E-state index contributed by atoms with van der Waals surface area (Å²) < 4.78 is 0. The van der Waals surface area contributed by atoms with Crippen molar-refractivity contribution < 1.29 is 0 Å². The summed E-state index contributed by atoms with van der Waals surface area (Å²) in [6, 6.07) is 2.42. The predicted octanol–water partition coefficient (Wildman–Crippen LogP) is 1.14. The molecule has 0 saturated carbocycles. The minimum atomic E-state index is 0.419. The summed E-state index contributed by atoms with van der Waals surface area (Å²) >= 11 is 0. The van der Waals surface area contributed by atoms with Gasteiger partial charge in [0.25, 0.3) is 0 Å². The Balaban J connectivity index is 2.27. The van der Waals surface area contributed by atoms with Crippen molar-refractivity contribution in [1.29, 1.82) is 0 Å². The molecule has 94 valence electrons. The second-order valence-electron chi connectivity index (χ2n) is 4.49. The third-order valence-corrected chi connectivity index (χ3v) is 3.27. The SMILES string of the molecule is CNc1cc(N2CCCC[C@H]2CN)nc(C)n1. The number of anilines is 2. The molecule has 1 aliphatic rings. The summed E-state index contributed by atoms with van der Waals surface area (Å²) in [5.41, 5.74) is 5.84. The normalized spacial score (nSPS) is 20.4. The molecule has 0 spiro atoms. The molecule has 2 heterocycles. The largest absolute Gasteiger partial charge is 0.373 e. The Morgan fingerprint density at radius 2 is 2.29 bits per heavy atom. The van der Waals surface area contributed by atoms with Gasteiger partial charge in [-0.3, -0.25) is 0 Å². The van der Waals surface area contributed by atoms with E-state index in [2.05, 4.69) is 20.2 Å². The lowest BCUT2D eigenvalue weighted by Gasteiger charge is -2.36. The Hall–Kier alpha value is -1.36. The van der Waals surface area contributed by atoms with Gasteiger partial charge in [0, 0.05) is 32.2 Å². The van der Waals surface area contributed by atoms with Gasteiger partial charge < -0.3 is 16.0 Å². The number of hydrogen-bond donors (Lipinski definition) is 2. The number of nitrogens with two attached hydrogens (primary N) is 1. The molecule has 0 radical (unpaired) electrons. The van der Waals surface area contributed by atoms with Gasteiger partial charge in [0.1, 0.15) is 17.5 Å². The number of nitrogens with one attached hydrogen (secondary N) is 1. The van der Waals surface area contributed by atoms with Crippen molar-refractivity contribution in [2.45, 2.75) is 32.2 Å². The maximum atomic E-state index is 5.84. The van der Waals surface area contributed by atoms with Crippen LogP contribution in [0.4, 0.5) is 11.6 Å². The van der Waals surface area contributed by atoms with Gasteiger partial charge in [-0.25, -0.2) is 9.97 Å². The van der Waals surface area contributed by atoms with Crippen molar-refractivity contribution in [3.05, 3.63) is 11.9 Å². The smallest absolute Gasteiger partial charge is 0.134 e. The Bertz CT molecular complexity index is 379. The molecule has 2 rings (SSSR count). The minimum absolute atomic E-state index is 0.419. The number of hydrogen-bond acceptors (Lipinski definition) is 5. The summed E-state index contributed by atoms with van der Waals surface area (Å²) in [5.74, 6) is 2.67. The lowest BCUT2D eigenvalue weighted by Crippen LogP contribution is -2.44. The van der Waals surface area contributed by atoms with Crippen molar-refractivity contribution >= 4 is 11.6 Å². The van der Waals surface area contributed by atoms with E-state index in [9.17, 15) is 0 Å². The molecule has 0 aliphatic carbocycles. The summed E-state index contributed by atoms with van der Waals surface area (Å²) in [7, 11) is 1.88. The molecular formula is C12H21N5.